The number of hydrogen-bond acceptors (Lipinski definition) is 0. The Bertz CT molecular complexity index is 332. The highest BCUT2D eigenvalue weighted by Crippen LogP contribution is 2.50. The van der Waals surface area contributed by atoms with Crippen molar-refractivity contribution in [1.82, 2.24) is 0 Å². The van der Waals surface area contributed by atoms with Gasteiger partial charge in [0.25, 0.3) is 0 Å². The third-order valence-corrected chi connectivity index (χ3v) is 4.97. The van der Waals surface area contributed by atoms with Gasteiger partial charge in [-0.2, -0.15) is 0 Å². The van der Waals surface area contributed by atoms with Crippen molar-refractivity contribution in [3.05, 3.63) is 22.8 Å². The van der Waals surface area contributed by atoms with E-state index in [1.54, 1.807) is 11.1 Å². The van der Waals surface area contributed by atoms with Crippen LogP contribution < -0.4 is 0 Å². The molecule has 83 valence electrons. The Hall–Kier alpha value is -0.520. The summed E-state index contributed by atoms with van der Waals surface area (Å²) in [5, 5.41) is 0. The Morgan fingerprint density at radius 3 is 2.00 bits per heavy atom. The van der Waals surface area contributed by atoms with Gasteiger partial charge in [-0.15, -0.1) is 0 Å². The molecule has 0 saturated heterocycles. The first-order chi connectivity index (χ1) is 6.95. The monoisotopic (exact) mass is 203 g/mol. The zero-order chi connectivity index (χ0) is 11.3. The molecule has 0 aliphatic heterocycles. The van der Waals surface area contributed by atoms with Crippen molar-refractivity contribution in [3.63, 3.8) is 0 Å². The zero-order valence-electron chi connectivity index (χ0n) is 10.9. The predicted molar refractivity (Wildman–Crippen MR) is 65.3 cm³/mol. The highest BCUT2D eigenvalue weighted by atomic mass is 14.4. The smallest absolute Gasteiger partial charge is 0.00344 e. The normalized spacial score (nSPS) is 45.5. The highest BCUT2D eigenvalue weighted by Gasteiger charge is 2.39. The molecule has 0 saturated carbocycles. The van der Waals surface area contributed by atoms with Crippen LogP contribution in [-0.2, 0) is 0 Å². The molecule has 0 nitrogen and oxygen atoms in total. The van der Waals surface area contributed by atoms with Crippen LogP contribution in [-0.4, -0.2) is 0 Å². The molecule has 1 radical (unpaired) electrons. The quantitative estimate of drug-likeness (QED) is 0.552. The molecule has 0 amide bonds. The maximum absolute atomic E-state index is 3.60. The summed E-state index contributed by atoms with van der Waals surface area (Å²) in [6, 6.07) is 0. The van der Waals surface area contributed by atoms with Gasteiger partial charge in [-0.05, 0) is 47.8 Å². The van der Waals surface area contributed by atoms with Crippen molar-refractivity contribution in [1.29, 1.82) is 0 Å². The fourth-order valence-corrected chi connectivity index (χ4v) is 3.63. The van der Waals surface area contributed by atoms with Crippen molar-refractivity contribution in [2.45, 2.75) is 41.5 Å². The molecular weight excluding hydrogens is 180 g/mol. The maximum Gasteiger partial charge on any atom is 0.00344 e. The second-order valence-electron chi connectivity index (χ2n) is 5.66. The molecule has 0 spiro atoms. The molecule has 0 fully saturated rings. The molecule has 5 unspecified atom stereocenters. The average molecular weight is 203 g/mol. The molecule has 5 atom stereocenters. The molecule has 0 heterocycles. The fraction of sp³-hybridized carbons (Fsp3) is 0.733. The lowest BCUT2D eigenvalue weighted by Crippen LogP contribution is -2.31. The van der Waals surface area contributed by atoms with E-state index in [1.165, 1.54) is 5.57 Å². The summed E-state index contributed by atoms with van der Waals surface area (Å²) in [5.74, 6) is 3.65. The van der Waals surface area contributed by atoms with E-state index >= 15 is 0 Å². The van der Waals surface area contributed by atoms with Gasteiger partial charge in [0.05, 0.1) is 0 Å². The standard InChI is InChI=1S/C15H23/c1-8-7-9(2)15-13(6)11(4)10(3)12(5)14(8)15/h8,10-13H,1-6H3. The van der Waals surface area contributed by atoms with E-state index in [1.807, 2.05) is 0 Å². The lowest BCUT2D eigenvalue weighted by molar-refractivity contribution is 0.224. The lowest BCUT2D eigenvalue weighted by Gasteiger charge is -2.40. The van der Waals surface area contributed by atoms with Gasteiger partial charge in [-0.1, -0.05) is 40.2 Å². The van der Waals surface area contributed by atoms with Gasteiger partial charge in [0, 0.05) is 5.92 Å². The second-order valence-corrected chi connectivity index (χ2v) is 5.66. The van der Waals surface area contributed by atoms with Gasteiger partial charge in [0.1, 0.15) is 0 Å². The van der Waals surface area contributed by atoms with E-state index in [2.05, 4.69) is 47.6 Å². The van der Waals surface area contributed by atoms with Crippen LogP contribution in [0.15, 0.2) is 16.7 Å². The minimum absolute atomic E-state index is 0.562. The highest BCUT2D eigenvalue weighted by molar-refractivity contribution is 5.45. The maximum atomic E-state index is 3.60. The minimum atomic E-state index is 0.562. The van der Waals surface area contributed by atoms with Gasteiger partial charge in [-0.25, -0.2) is 0 Å². The molecule has 0 heteroatoms. The van der Waals surface area contributed by atoms with Crippen LogP contribution in [0.4, 0.5) is 0 Å². The van der Waals surface area contributed by atoms with E-state index in [9.17, 15) is 0 Å². The Morgan fingerprint density at radius 1 is 0.867 bits per heavy atom. The summed E-state index contributed by atoms with van der Waals surface area (Å²) in [7, 11) is 0. The summed E-state index contributed by atoms with van der Waals surface area (Å²) in [4.78, 5) is 0. The first-order valence-electron chi connectivity index (χ1n) is 6.29. The second kappa shape index (κ2) is 3.50. The third kappa shape index (κ3) is 1.41. The van der Waals surface area contributed by atoms with Crippen LogP contribution in [0.5, 0.6) is 0 Å². The molecule has 0 aromatic heterocycles. The first kappa shape index (κ1) is 11.0. The molecule has 15 heavy (non-hydrogen) atoms. The Balaban J connectivity index is 2.49. The van der Waals surface area contributed by atoms with Crippen molar-refractivity contribution in [2.24, 2.45) is 29.6 Å². The summed E-state index contributed by atoms with van der Waals surface area (Å²) < 4.78 is 0. The molecule has 2 aliphatic rings. The Labute approximate surface area is 94.5 Å². The Morgan fingerprint density at radius 2 is 1.40 bits per heavy atom. The van der Waals surface area contributed by atoms with E-state index in [-0.39, 0.29) is 0 Å². The van der Waals surface area contributed by atoms with Gasteiger partial charge < -0.3 is 0 Å². The topological polar surface area (TPSA) is 0 Å². The van der Waals surface area contributed by atoms with Crippen molar-refractivity contribution in [2.75, 3.05) is 0 Å². The van der Waals surface area contributed by atoms with Gasteiger partial charge in [0.2, 0.25) is 0 Å². The zero-order valence-corrected chi connectivity index (χ0v) is 10.9. The van der Waals surface area contributed by atoms with Crippen LogP contribution >= 0.6 is 0 Å². The SMILES string of the molecule is CC1=[C]C(C)C2=C1C(C)C(C)C(C)C2C. The number of rotatable bonds is 0. The van der Waals surface area contributed by atoms with E-state index in [4.69, 9.17) is 0 Å². The molecule has 0 aromatic rings. The lowest BCUT2D eigenvalue weighted by atomic mass is 9.65. The summed E-state index contributed by atoms with van der Waals surface area (Å²) in [6.07, 6.45) is 3.60. The van der Waals surface area contributed by atoms with Crippen LogP contribution in [0.1, 0.15) is 41.5 Å². The molecular formula is C15H23. The molecule has 0 bridgehead atoms. The molecule has 2 rings (SSSR count). The summed E-state index contributed by atoms with van der Waals surface area (Å²) in [5.41, 5.74) is 4.75. The summed E-state index contributed by atoms with van der Waals surface area (Å²) in [6.45, 7) is 14.2. The Kier molecular flexibility index (Phi) is 2.56. The van der Waals surface area contributed by atoms with Crippen molar-refractivity contribution >= 4 is 0 Å². The van der Waals surface area contributed by atoms with Crippen LogP contribution in [0.2, 0.25) is 0 Å². The molecule has 0 aromatic carbocycles. The number of hydrogen-bond donors (Lipinski definition) is 0. The van der Waals surface area contributed by atoms with E-state index in [0.29, 0.717) is 5.92 Å². The third-order valence-electron chi connectivity index (χ3n) is 4.97. The molecule has 2 aliphatic carbocycles. The molecule has 0 N–H and O–H groups in total. The van der Waals surface area contributed by atoms with Crippen LogP contribution in [0.25, 0.3) is 0 Å². The first-order valence-corrected chi connectivity index (χ1v) is 6.29. The fourth-order valence-electron chi connectivity index (χ4n) is 3.63. The predicted octanol–water partition coefficient (Wildman–Crippen LogP) is 4.24. The van der Waals surface area contributed by atoms with Gasteiger partial charge in [-0.3, -0.25) is 0 Å². The minimum Gasteiger partial charge on any atom is -0.0617 e. The average Bonchev–Trinajstić information content (AvgIpc) is 2.47. The largest absolute Gasteiger partial charge is 0.0617 e. The number of allylic oxidation sites excluding steroid dienone is 4. The van der Waals surface area contributed by atoms with Crippen molar-refractivity contribution in [3.8, 4) is 0 Å². The van der Waals surface area contributed by atoms with Crippen LogP contribution in [0.3, 0.4) is 0 Å². The van der Waals surface area contributed by atoms with Crippen molar-refractivity contribution < 1.29 is 0 Å². The van der Waals surface area contributed by atoms with E-state index < -0.39 is 0 Å². The van der Waals surface area contributed by atoms with E-state index in [0.717, 1.165) is 23.7 Å². The van der Waals surface area contributed by atoms with Gasteiger partial charge in [0.15, 0.2) is 0 Å². The summed E-state index contributed by atoms with van der Waals surface area (Å²) >= 11 is 0. The van der Waals surface area contributed by atoms with Crippen LogP contribution in [0, 0.1) is 35.7 Å². The van der Waals surface area contributed by atoms with Gasteiger partial charge >= 0.3 is 0 Å².